The molecule has 25 heavy (non-hydrogen) atoms. The van der Waals surface area contributed by atoms with Crippen molar-refractivity contribution in [2.75, 3.05) is 13.1 Å². The number of aromatic nitrogens is 4. The molecule has 1 fully saturated rings. The van der Waals surface area contributed by atoms with Crippen LogP contribution in [0.2, 0.25) is 0 Å². The molecule has 7 nitrogen and oxygen atoms in total. The Labute approximate surface area is 151 Å². The van der Waals surface area contributed by atoms with Crippen LogP contribution in [0.5, 0.6) is 0 Å². The van der Waals surface area contributed by atoms with Crippen LogP contribution in [0.25, 0.3) is 11.4 Å². The molecule has 2 aromatic rings. The van der Waals surface area contributed by atoms with E-state index < -0.39 is 0 Å². The maximum atomic E-state index is 8.84. The van der Waals surface area contributed by atoms with E-state index in [2.05, 4.69) is 21.7 Å². The fourth-order valence-electron chi connectivity index (χ4n) is 2.72. The average Bonchev–Trinajstić information content (AvgIpc) is 3.42. The van der Waals surface area contributed by atoms with Crippen molar-refractivity contribution in [1.29, 1.82) is 10.5 Å². The van der Waals surface area contributed by atoms with Crippen LogP contribution in [0.3, 0.4) is 0 Å². The van der Waals surface area contributed by atoms with Crippen molar-refractivity contribution in [2.45, 2.75) is 38.4 Å². The second kappa shape index (κ2) is 8.02. The van der Waals surface area contributed by atoms with Gasteiger partial charge in [-0.2, -0.15) is 15.6 Å². The summed E-state index contributed by atoms with van der Waals surface area (Å²) in [6.45, 7) is 1.67. The van der Waals surface area contributed by atoms with Crippen LogP contribution in [0.4, 0.5) is 0 Å². The van der Waals surface area contributed by atoms with Gasteiger partial charge in [-0.15, -0.1) is 0 Å². The van der Waals surface area contributed by atoms with Gasteiger partial charge >= 0.3 is 0 Å². The molecule has 0 spiro atoms. The molecule has 0 atom stereocenters. The SMILES string of the molecule is N#CCCN(CCC#N)Cn1nc(-c2cccnc2)n(C2CC2)c1=S. The fraction of sp³-hybridized carbons (Fsp3) is 0.471. The first-order valence-electron chi connectivity index (χ1n) is 8.30. The van der Waals surface area contributed by atoms with Gasteiger partial charge in [-0.05, 0) is 37.2 Å². The first-order valence-corrected chi connectivity index (χ1v) is 8.71. The quantitative estimate of drug-likeness (QED) is 0.678. The summed E-state index contributed by atoms with van der Waals surface area (Å²) in [6, 6.07) is 8.58. The zero-order valence-electron chi connectivity index (χ0n) is 13.9. The molecule has 0 saturated heterocycles. The molecule has 0 amide bonds. The van der Waals surface area contributed by atoms with Gasteiger partial charge in [0.25, 0.3) is 0 Å². The first kappa shape index (κ1) is 17.3. The van der Waals surface area contributed by atoms with Gasteiger partial charge in [0, 0.05) is 49.9 Å². The maximum absolute atomic E-state index is 8.84. The lowest BCUT2D eigenvalue weighted by Crippen LogP contribution is -2.29. The van der Waals surface area contributed by atoms with Gasteiger partial charge in [-0.3, -0.25) is 14.5 Å². The molecule has 0 aliphatic heterocycles. The van der Waals surface area contributed by atoms with Crippen molar-refractivity contribution in [3.8, 4) is 23.5 Å². The molecule has 2 heterocycles. The zero-order chi connectivity index (χ0) is 17.6. The topological polar surface area (TPSA) is 86.5 Å². The van der Waals surface area contributed by atoms with E-state index in [4.69, 9.17) is 27.8 Å². The molecule has 1 aliphatic carbocycles. The van der Waals surface area contributed by atoms with Crippen molar-refractivity contribution in [3.63, 3.8) is 0 Å². The zero-order valence-corrected chi connectivity index (χ0v) is 14.7. The monoisotopic (exact) mass is 353 g/mol. The average molecular weight is 353 g/mol. The van der Waals surface area contributed by atoms with E-state index >= 15 is 0 Å². The molecular weight excluding hydrogens is 334 g/mol. The van der Waals surface area contributed by atoms with Crippen molar-refractivity contribution in [3.05, 3.63) is 29.3 Å². The van der Waals surface area contributed by atoms with Crippen LogP contribution in [0.15, 0.2) is 24.5 Å². The molecule has 0 radical (unpaired) electrons. The van der Waals surface area contributed by atoms with Gasteiger partial charge in [-0.1, -0.05) is 0 Å². The van der Waals surface area contributed by atoms with Gasteiger partial charge in [-0.25, -0.2) is 4.68 Å². The molecule has 3 rings (SSSR count). The van der Waals surface area contributed by atoms with Crippen molar-refractivity contribution < 1.29 is 0 Å². The minimum Gasteiger partial charge on any atom is -0.297 e. The van der Waals surface area contributed by atoms with E-state index in [9.17, 15) is 0 Å². The van der Waals surface area contributed by atoms with E-state index in [0.29, 0.717) is 43.4 Å². The van der Waals surface area contributed by atoms with Crippen LogP contribution < -0.4 is 0 Å². The minimum atomic E-state index is 0.406. The Balaban J connectivity index is 1.90. The fourth-order valence-corrected chi connectivity index (χ4v) is 3.06. The predicted octanol–water partition coefficient (Wildman–Crippen LogP) is 2.90. The minimum absolute atomic E-state index is 0.406. The highest BCUT2D eigenvalue weighted by molar-refractivity contribution is 7.71. The lowest BCUT2D eigenvalue weighted by atomic mass is 10.3. The largest absolute Gasteiger partial charge is 0.297 e. The predicted molar refractivity (Wildman–Crippen MR) is 94.6 cm³/mol. The lowest BCUT2D eigenvalue weighted by molar-refractivity contribution is 0.214. The summed E-state index contributed by atoms with van der Waals surface area (Å²) in [5.41, 5.74) is 0.944. The Kier molecular flexibility index (Phi) is 5.54. The van der Waals surface area contributed by atoms with Gasteiger partial charge in [0.05, 0.1) is 18.8 Å². The molecule has 0 aromatic carbocycles. The molecular formula is C17H19N7S. The summed E-state index contributed by atoms with van der Waals surface area (Å²) < 4.78 is 4.59. The maximum Gasteiger partial charge on any atom is 0.199 e. The van der Waals surface area contributed by atoms with E-state index in [1.807, 2.05) is 17.0 Å². The van der Waals surface area contributed by atoms with E-state index in [1.165, 1.54) is 0 Å². The number of hydrogen-bond donors (Lipinski definition) is 0. The molecule has 8 heteroatoms. The van der Waals surface area contributed by atoms with Crippen LogP contribution in [0, 0.1) is 27.4 Å². The van der Waals surface area contributed by atoms with Gasteiger partial charge in [0.2, 0.25) is 0 Å². The van der Waals surface area contributed by atoms with Crippen LogP contribution in [-0.2, 0) is 6.67 Å². The highest BCUT2D eigenvalue weighted by atomic mass is 32.1. The van der Waals surface area contributed by atoms with E-state index in [1.54, 1.807) is 17.1 Å². The highest BCUT2D eigenvalue weighted by Crippen LogP contribution is 2.38. The standard InChI is InChI=1S/C17H19N7S/c18-7-2-10-22(11-3-8-19)13-23-17(25)24(15-5-6-15)16(21-23)14-4-1-9-20-12-14/h1,4,9,12,15H,2-3,5-6,10-11,13H2. The summed E-state index contributed by atoms with van der Waals surface area (Å²) in [7, 11) is 0. The van der Waals surface area contributed by atoms with Gasteiger partial charge < -0.3 is 0 Å². The summed E-state index contributed by atoms with van der Waals surface area (Å²) in [4.78, 5) is 6.22. The molecule has 0 bridgehead atoms. The van der Waals surface area contributed by atoms with Crippen LogP contribution >= 0.6 is 12.2 Å². The Hall–Kier alpha value is -2.55. The third kappa shape index (κ3) is 4.11. The molecule has 2 aromatic heterocycles. The third-order valence-electron chi connectivity index (χ3n) is 4.12. The second-order valence-electron chi connectivity index (χ2n) is 6.02. The highest BCUT2D eigenvalue weighted by Gasteiger charge is 2.29. The van der Waals surface area contributed by atoms with E-state index in [-0.39, 0.29) is 0 Å². The van der Waals surface area contributed by atoms with Crippen LogP contribution in [0.1, 0.15) is 31.7 Å². The Morgan fingerprint density at radius 3 is 2.52 bits per heavy atom. The molecule has 0 N–H and O–H groups in total. The molecule has 128 valence electrons. The Bertz CT molecular complexity index is 834. The number of pyridine rings is 1. The summed E-state index contributed by atoms with van der Waals surface area (Å²) in [5.74, 6) is 0.834. The third-order valence-corrected chi connectivity index (χ3v) is 4.52. The van der Waals surface area contributed by atoms with Gasteiger partial charge in [0.1, 0.15) is 0 Å². The normalized spacial score (nSPS) is 13.6. The molecule has 1 aliphatic rings. The number of nitrogens with zero attached hydrogens (tertiary/aromatic N) is 7. The summed E-state index contributed by atoms with van der Waals surface area (Å²) >= 11 is 5.66. The van der Waals surface area contributed by atoms with Gasteiger partial charge in [0.15, 0.2) is 10.6 Å². The summed E-state index contributed by atoms with van der Waals surface area (Å²) in [5, 5.41) is 22.4. The lowest BCUT2D eigenvalue weighted by Gasteiger charge is -2.19. The smallest absolute Gasteiger partial charge is 0.199 e. The molecule has 0 unspecified atom stereocenters. The number of hydrogen-bond acceptors (Lipinski definition) is 6. The second-order valence-corrected chi connectivity index (χ2v) is 6.39. The van der Waals surface area contributed by atoms with Crippen molar-refractivity contribution in [1.82, 2.24) is 24.2 Å². The number of nitriles is 2. The Morgan fingerprint density at radius 1 is 1.24 bits per heavy atom. The number of rotatable bonds is 8. The summed E-state index contributed by atoms with van der Waals surface area (Å²) in [6.07, 6.45) is 6.58. The van der Waals surface area contributed by atoms with Crippen molar-refractivity contribution >= 4 is 12.2 Å². The first-order chi connectivity index (χ1) is 12.2. The Morgan fingerprint density at radius 2 is 1.96 bits per heavy atom. The van der Waals surface area contributed by atoms with Crippen molar-refractivity contribution in [2.24, 2.45) is 0 Å². The van der Waals surface area contributed by atoms with Crippen LogP contribution in [-0.4, -0.2) is 37.3 Å². The van der Waals surface area contributed by atoms with E-state index in [0.717, 1.165) is 24.2 Å². The molecule has 1 saturated carbocycles.